The van der Waals surface area contributed by atoms with Gasteiger partial charge in [0.2, 0.25) is 5.91 Å². The molecule has 1 atom stereocenters. The van der Waals surface area contributed by atoms with Crippen molar-refractivity contribution >= 4 is 17.5 Å². The third-order valence-corrected chi connectivity index (χ3v) is 6.60. The van der Waals surface area contributed by atoms with Crippen LogP contribution in [0.5, 0.6) is 5.75 Å². The summed E-state index contributed by atoms with van der Waals surface area (Å²) in [5.74, 6) is 1.15. The number of piperazine rings is 1. The smallest absolute Gasteiger partial charge is 0.260 e. The minimum Gasteiger partial charge on any atom is -0.484 e. The predicted molar refractivity (Wildman–Crippen MR) is 126 cm³/mol. The van der Waals surface area contributed by atoms with Crippen LogP contribution in [0.3, 0.4) is 0 Å². The second-order valence-corrected chi connectivity index (χ2v) is 8.86. The Morgan fingerprint density at radius 3 is 2.28 bits per heavy atom. The van der Waals surface area contributed by atoms with Gasteiger partial charge >= 0.3 is 0 Å². The van der Waals surface area contributed by atoms with Gasteiger partial charge in [-0.2, -0.15) is 0 Å². The van der Waals surface area contributed by atoms with Gasteiger partial charge < -0.3 is 15.0 Å². The molecule has 0 bridgehead atoms. The van der Waals surface area contributed by atoms with E-state index in [4.69, 9.17) is 4.74 Å². The molecular weight excluding hydrogens is 402 g/mol. The van der Waals surface area contributed by atoms with Gasteiger partial charge in [0.25, 0.3) is 5.91 Å². The van der Waals surface area contributed by atoms with Gasteiger partial charge in [-0.3, -0.25) is 14.5 Å². The number of benzene rings is 2. The first-order valence-electron chi connectivity index (χ1n) is 11.7. The van der Waals surface area contributed by atoms with E-state index < -0.39 is 0 Å². The molecule has 170 valence electrons. The number of amides is 2. The van der Waals surface area contributed by atoms with E-state index in [9.17, 15) is 9.59 Å². The summed E-state index contributed by atoms with van der Waals surface area (Å²) in [4.78, 5) is 30.0. The van der Waals surface area contributed by atoms with E-state index in [2.05, 4.69) is 10.2 Å². The molecule has 0 aromatic heterocycles. The van der Waals surface area contributed by atoms with Crippen LogP contribution in [0, 0.1) is 12.8 Å². The van der Waals surface area contributed by atoms with Crippen LogP contribution in [0.2, 0.25) is 0 Å². The predicted octanol–water partition coefficient (Wildman–Crippen LogP) is 3.72. The van der Waals surface area contributed by atoms with Crippen molar-refractivity contribution in [2.75, 3.05) is 38.1 Å². The summed E-state index contributed by atoms with van der Waals surface area (Å²) in [5, 5.41) is 3.13. The average molecular weight is 436 g/mol. The zero-order valence-electron chi connectivity index (χ0n) is 18.8. The second-order valence-electron chi connectivity index (χ2n) is 8.86. The van der Waals surface area contributed by atoms with Gasteiger partial charge in [0.15, 0.2) is 6.61 Å². The van der Waals surface area contributed by atoms with E-state index in [1.165, 1.54) is 18.4 Å². The molecule has 2 amide bonds. The number of aryl methyl sites for hydroxylation is 1. The van der Waals surface area contributed by atoms with Crippen LogP contribution in [0.15, 0.2) is 54.6 Å². The molecule has 1 aliphatic carbocycles. The van der Waals surface area contributed by atoms with Crippen LogP contribution in [-0.4, -0.2) is 60.4 Å². The van der Waals surface area contributed by atoms with Crippen LogP contribution in [0.25, 0.3) is 0 Å². The van der Waals surface area contributed by atoms with Crippen LogP contribution < -0.4 is 10.1 Å². The highest BCUT2D eigenvalue weighted by Crippen LogP contribution is 2.31. The van der Waals surface area contributed by atoms with Gasteiger partial charge in [-0.1, -0.05) is 48.7 Å². The number of anilines is 1. The first-order chi connectivity index (χ1) is 15.6. The third kappa shape index (κ3) is 5.68. The highest BCUT2D eigenvalue weighted by atomic mass is 16.5. The Labute approximate surface area is 190 Å². The molecule has 2 aromatic rings. The topological polar surface area (TPSA) is 61.9 Å². The first-order valence-corrected chi connectivity index (χ1v) is 11.7. The van der Waals surface area contributed by atoms with Gasteiger partial charge in [-0.25, -0.2) is 0 Å². The van der Waals surface area contributed by atoms with Gasteiger partial charge in [0.1, 0.15) is 5.75 Å². The van der Waals surface area contributed by atoms with Crippen LogP contribution in [0.1, 0.15) is 31.2 Å². The normalized spacial score (nSPS) is 18.3. The molecule has 2 fully saturated rings. The van der Waals surface area contributed by atoms with E-state index in [0.29, 0.717) is 37.8 Å². The molecule has 1 N–H and O–H groups in total. The molecule has 1 heterocycles. The standard InChI is InChI=1S/C26H33N3O3/c1-20-11-13-22(14-12-20)27-26(31)25(21-7-5-6-8-21)29-17-15-28(16-18-29)24(30)19-32-23-9-3-2-4-10-23/h2-4,9-14,21,25H,5-8,15-19H2,1H3,(H,27,31). The van der Waals surface area contributed by atoms with Crippen molar-refractivity contribution in [3.8, 4) is 5.75 Å². The lowest BCUT2D eigenvalue weighted by molar-refractivity contribution is -0.136. The number of carbonyl (C=O) groups excluding carboxylic acids is 2. The number of para-hydroxylation sites is 1. The van der Waals surface area contributed by atoms with Crippen molar-refractivity contribution in [3.05, 3.63) is 60.2 Å². The van der Waals surface area contributed by atoms with E-state index in [0.717, 1.165) is 18.5 Å². The summed E-state index contributed by atoms with van der Waals surface area (Å²) in [5.41, 5.74) is 2.02. The van der Waals surface area contributed by atoms with Crippen LogP contribution >= 0.6 is 0 Å². The van der Waals surface area contributed by atoms with E-state index in [-0.39, 0.29) is 24.5 Å². The minimum atomic E-state index is -0.142. The molecule has 6 nitrogen and oxygen atoms in total. The number of nitrogens with one attached hydrogen (secondary N) is 1. The summed E-state index contributed by atoms with van der Waals surface area (Å²) >= 11 is 0. The quantitative estimate of drug-likeness (QED) is 0.720. The fraction of sp³-hybridized carbons (Fsp3) is 0.462. The maximum absolute atomic E-state index is 13.3. The molecule has 2 aromatic carbocycles. The maximum atomic E-state index is 13.3. The van der Waals surface area contributed by atoms with E-state index in [1.807, 2.05) is 66.4 Å². The largest absolute Gasteiger partial charge is 0.484 e. The Morgan fingerprint density at radius 1 is 0.969 bits per heavy atom. The number of hydrogen-bond donors (Lipinski definition) is 1. The number of rotatable bonds is 7. The van der Waals surface area contributed by atoms with Crippen LogP contribution in [0.4, 0.5) is 5.69 Å². The van der Waals surface area contributed by atoms with E-state index >= 15 is 0 Å². The minimum absolute atomic E-state index is 0.00461. The zero-order valence-corrected chi connectivity index (χ0v) is 18.8. The third-order valence-electron chi connectivity index (χ3n) is 6.60. The summed E-state index contributed by atoms with van der Waals surface area (Å²) in [6.07, 6.45) is 4.56. The second kappa shape index (κ2) is 10.6. The Balaban J connectivity index is 1.34. The SMILES string of the molecule is Cc1ccc(NC(=O)C(C2CCCC2)N2CCN(C(=O)COc3ccccc3)CC2)cc1. The summed E-state index contributed by atoms with van der Waals surface area (Å²) in [7, 11) is 0. The molecule has 0 spiro atoms. The van der Waals surface area contributed by atoms with Gasteiger partial charge in [0.05, 0.1) is 6.04 Å². The maximum Gasteiger partial charge on any atom is 0.260 e. The number of ether oxygens (including phenoxy) is 1. The molecular formula is C26H33N3O3. The van der Waals surface area contributed by atoms with Crippen molar-refractivity contribution in [2.24, 2.45) is 5.92 Å². The highest BCUT2D eigenvalue weighted by molar-refractivity contribution is 5.95. The Morgan fingerprint density at radius 2 is 1.62 bits per heavy atom. The van der Waals surface area contributed by atoms with Crippen molar-refractivity contribution < 1.29 is 14.3 Å². The zero-order chi connectivity index (χ0) is 22.3. The Bertz CT molecular complexity index is 886. The van der Waals surface area contributed by atoms with Crippen molar-refractivity contribution in [1.82, 2.24) is 9.80 Å². The first kappa shape index (κ1) is 22.3. The number of carbonyl (C=O) groups is 2. The monoisotopic (exact) mass is 435 g/mol. The van der Waals surface area contributed by atoms with Gasteiger partial charge in [0, 0.05) is 31.9 Å². The van der Waals surface area contributed by atoms with E-state index in [1.54, 1.807) is 0 Å². The van der Waals surface area contributed by atoms with Crippen LogP contribution in [-0.2, 0) is 9.59 Å². The summed E-state index contributed by atoms with van der Waals surface area (Å²) < 4.78 is 5.62. The highest BCUT2D eigenvalue weighted by Gasteiger charge is 2.37. The molecule has 1 unspecified atom stereocenters. The Kier molecular flexibility index (Phi) is 7.43. The fourth-order valence-corrected chi connectivity index (χ4v) is 4.81. The molecule has 6 heteroatoms. The molecule has 32 heavy (non-hydrogen) atoms. The number of hydrogen-bond acceptors (Lipinski definition) is 4. The lowest BCUT2D eigenvalue weighted by Gasteiger charge is -2.40. The lowest BCUT2D eigenvalue weighted by atomic mass is 9.95. The average Bonchev–Trinajstić information content (AvgIpc) is 3.34. The van der Waals surface area contributed by atoms with Crippen molar-refractivity contribution in [2.45, 2.75) is 38.6 Å². The number of nitrogens with zero attached hydrogens (tertiary/aromatic N) is 2. The summed E-state index contributed by atoms with van der Waals surface area (Å²) in [6, 6.07) is 17.2. The van der Waals surface area contributed by atoms with Gasteiger partial charge in [-0.15, -0.1) is 0 Å². The molecule has 2 aliphatic rings. The molecule has 1 aliphatic heterocycles. The molecule has 0 radical (unpaired) electrons. The van der Waals surface area contributed by atoms with Crippen molar-refractivity contribution in [3.63, 3.8) is 0 Å². The lowest BCUT2D eigenvalue weighted by Crippen LogP contribution is -2.57. The molecule has 4 rings (SSSR count). The van der Waals surface area contributed by atoms with Crippen molar-refractivity contribution in [1.29, 1.82) is 0 Å². The fourth-order valence-electron chi connectivity index (χ4n) is 4.81. The summed E-state index contributed by atoms with van der Waals surface area (Å²) in [6.45, 7) is 4.75. The molecule has 1 saturated heterocycles. The molecule has 1 saturated carbocycles. The van der Waals surface area contributed by atoms with Gasteiger partial charge in [-0.05, 0) is 49.9 Å². The Hall–Kier alpha value is -2.86.